The molecule has 81 heavy (non-hydrogen) atoms. The summed E-state index contributed by atoms with van der Waals surface area (Å²) in [7, 11) is 1.64. The highest BCUT2D eigenvalue weighted by Gasteiger charge is 2.28. The topological polar surface area (TPSA) is 105 Å². The van der Waals surface area contributed by atoms with Crippen molar-refractivity contribution in [2.45, 2.75) is 392 Å². The number of nitrogens with zero attached hydrogens (tertiary/aromatic N) is 1. The van der Waals surface area contributed by atoms with Crippen molar-refractivity contribution in [1.29, 1.82) is 0 Å². The van der Waals surface area contributed by atoms with Crippen molar-refractivity contribution < 1.29 is 32.9 Å². The highest BCUT2D eigenvalue weighted by molar-refractivity contribution is 7.47. The number of nitrogens with one attached hydrogen (secondary N) is 1. The van der Waals surface area contributed by atoms with Gasteiger partial charge in [-0.1, -0.05) is 353 Å². The summed E-state index contributed by atoms with van der Waals surface area (Å²) in [6.45, 7) is 4.94. The van der Waals surface area contributed by atoms with E-state index < -0.39 is 20.0 Å². The number of hydrogen-bond acceptors (Lipinski definition) is 5. The van der Waals surface area contributed by atoms with Gasteiger partial charge in [0.15, 0.2) is 0 Å². The van der Waals surface area contributed by atoms with E-state index in [4.69, 9.17) is 9.05 Å². The molecule has 482 valence electrons. The van der Waals surface area contributed by atoms with Crippen LogP contribution in [0.2, 0.25) is 0 Å². The summed E-state index contributed by atoms with van der Waals surface area (Å²) in [6.07, 6.45) is 82.9. The number of likely N-dealkylation sites (N-methyl/N-ethyl adjacent to an activating group) is 1. The van der Waals surface area contributed by atoms with Crippen LogP contribution in [0.3, 0.4) is 0 Å². The molecule has 0 aromatic heterocycles. The van der Waals surface area contributed by atoms with Gasteiger partial charge in [-0.15, -0.1) is 0 Å². The van der Waals surface area contributed by atoms with Gasteiger partial charge in [-0.25, -0.2) is 4.57 Å². The van der Waals surface area contributed by atoms with E-state index in [1.54, 1.807) is 0 Å². The van der Waals surface area contributed by atoms with Crippen LogP contribution in [0.4, 0.5) is 0 Å². The zero-order valence-corrected chi connectivity index (χ0v) is 56.2. The number of amides is 1. The summed E-state index contributed by atoms with van der Waals surface area (Å²) in [5.74, 6) is -0.135. The molecule has 0 aliphatic carbocycles. The predicted octanol–water partition coefficient (Wildman–Crippen LogP) is 23.1. The molecule has 3 N–H and O–H groups in total. The molecular weight excluding hydrogens is 1020 g/mol. The number of hydrogen-bond donors (Lipinski definition) is 3. The van der Waals surface area contributed by atoms with E-state index >= 15 is 0 Å². The average molecular weight is 1160 g/mol. The molecule has 0 aliphatic heterocycles. The summed E-state index contributed by atoms with van der Waals surface area (Å²) in [6, 6.07) is -0.759. The zero-order chi connectivity index (χ0) is 59.1. The van der Waals surface area contributed by atoms with E-state index in [1.807, 2.05) is 21.1 Å². The van der Waals surface area contributed by atoms with Gasteiger partial charge in [0, 0.05) is 6.42 Å². The van der Waals surface area contributed by atoms with Crippen molar-refractivity contribution in [2.24, 2.45) is 0 Å². The normalized spacial score (nSPS) is 13.7. The first kappa shape index (κ1) is 80.0. The minimum Gasteiger partial charge on any atom is -0.391 e. The highest BCUT2D eigenvalue weighted by atomic mass is 31.2. The lowest BCUT2D eigenvalue weighted by Gasteiger charge is -2.26. The van der Waals surface area contributed by atoms with E-state index in [9.17, 15) is 19.4 Å². The van der Waals surface area contributed by atoms with Gasteiger partial charge in [0.05, 0.1) is 39.9 Å². The number of aliphatic hydroxyl groups is 1. The SMILES string of the molecule is CCCCCCC/C=C\C/C=C\CCCCCCCCCCCCCCCCCCCCCCCCCC(=O)NC(COP(=O)(O)OCC[N+](C)(C)C)C(O)CCCCCCCCCCCCCCCCCCCCCCCCCC. The molecule has 0 heterocycles. The lowest BCUT2D eigenvalue weighted by atomic mass is 10.0. The van der Waals surface area contributed by atoms with E-state index in [0.717, 1.165) is 44.9 Å². The summed E-state index contributed by atoms with van der Waals surface area (Å²) in [4.78, 5) is 23.5. The molecule has 3 unspecified atom stereocenters. The monoisotopic (exact) mass is 1160 g/mol. The molecule has 0 aliphatic rings. The van der Waals surface area contributed by atoms with Gasteiger partial charge in [0.2, 0.25) is 5.91 Å². The van der Waals surface area contributed by atoms with Crippen LogP contribution in [-0.4, -0.2) is 73.4 Å². The van der Waals surface area contributed by atoms with Crippen molar-refractivity contribution in [3.05, 3.63) is 24.3 Å². The molecule has 0 aromatic rings. The first-order valence-electron chi connectivity index (χ1n) is 36.2. The maximum atomic E-state index is 13.1. The molecule has 9 heteroatoms. The van der Waals surface area contributed by atoms with Crippen LogP contribution >= 0.6 is 7.82 Å². The largest absolute Gasteiger partial charge is 0.472 e. The Balaban J connectivity index is 3.95. The fourth-order valence-electron chi connectivity index (χ4n) is 11.3. The van der Waals surface area contributed by atoms with E-state index in [0.29, 0.717) is 23.9 Å². The third-order valence-corrected chi connectivity index (χ3v) is 17.9. The lowest BCUT2D eigenvalue weighted by Crippen LogP contribution is -2.46. The summed E-state index contributed by atoms with van der Waals surface area (Å²) >= 11 is 0. The number of quaternary nitrogens is 1. The number of rotatable bonds is 68. The van der Waals surface area contributed by atoms with Gasteiger partial charge < -0.3 is 19.8 Å². The smallest absolute Gasteiger partial charge is 0.391 e. The Morgan fingerprint density at radius 3 is 1.01 bits per heavy atom. The fraction of sp³-hybridized carbons (Fsp3) is 0.931. The van der Waals surface area contributed by atoms with Gasteiger partial charge in [-0.2, -0.15) is 0 Å². The highest BCUT2D eigenvalue weighted by Crippen LogP contribution is 2.43. The summed E-state index contributed by atoms with van der Waals surface area (Å²) < 4.78 is 23.9. The van der Waals surface area contributed by atoms with Crippen LogP contribution in [0.15, 0.2) is 24.3 Å². The Labute approximate surface area is 506 Å². The minimum absolute atomic E-state index is 0.0780. The van der Waals surface area contributed by atoms with E-state index in [2.05, 4.69) is 43.5 Å². The molecule has 3 atom stereocenters. The number of phosphoric ester groups is 1. The number of aliphatic hydroxyl groups excluding tert-OH is 1. The molecule has 0 aromatic carbocycles. The Morgan fingerprint density at radius 2 is 0.704 bits per heavy atom. The standard InChI is InChI=1S/C72H143N2O6P/c1-6-8-10-12-14-16-18-20-22-24-26-28-30-32-33-34-35-36-37-38-39-40-41-42-44-46-48-50-52-54-56-58-60-62-64-66-72(76)73-70(69-80-81(77,78)79-68-67-74(3,4)5)71(75)65-63-61-59-57-55-53-51-49-47-45-43-31-29-27-25-23-21-19-17-15-13-11-9-7-2/h18,20,24,26,70-71,75H,6-17,19,21-23,25,27-69H2,1-5H3,(H-,73,76,77,78)/p+1/b20-18-,26-24-. The lowest BCUT2D eigenvalue weighted by molar-refractivity contribution is -0.870. The molecule has 1 amide bonds. The second-order valence-corrected chi connectivity index (χ2v) is 27.8. The van der Waals surface area contributed by atoms with Crippen LogP contribution in [-0.2, 0) is 18.4 Å². The maximum absolute atomic E-state index is 13.1. The molecule has 0 rings (SSSR count). The quantitative estimate of drug-likeness (QED) is 0.0243. The summed E-state index contributed by atoms with van der Waals surface area (Å²) in [5, 5.41) is 14.2. The van der Waals surface area contributed by atoms with Gasteiger partial charge in [0.25, 0.3) is 0 Å². The van der Waals surface area contributed by atoms with Crippen molar-refractivity contribution in [3.8, 4) is 0 Å². The first-order valence-corrected chi connectivity index (χ1v) is 37.7. The Bertz CT molecular complexity index is 1370. The van der Waals surface area contributed by atoms with Gasteiger partial charge >= 0.3 is 7.82 Å². The summed E-state index contributed by atoms with van der Waals surface area (Å²) in [5.41, 5.74) is 0. The van der Waals surface area contributed by atoms with Crippen molar-refractivity contribution in [1.82, 2.24) is 5.32 Å². The van der Waals surface area contributed by atoms with Crippen LogP contribution in [0.25, 0.3) is 0 Å². The van der Waals surface area contributed by atoms with E-state index in [-0.39, 0.29) is 19.1 Å². The van der Waals surface area contributed by atoms with E-state index in [1.165, 1.54) is 308 Å². The number of unbranched alkanes of at least 4 members (excludes halogenated alkanes) is 51. The molecule has 0 fully saturated rings. The first-order chi connectivity index (χ1) is 39.5. The van der Waals surface area contributed by atoms with Crippen molar-refractivity contribution in [3.63, 3.8) is 0 Å². The fourth-order valence-corrected chi connectivity index (χ4v) is 12.1. The Morgan fingerprint density at radius 1 is 0.420 bits per heavy atom. The predicted molar refractivity (Wildman–Crippen MR) is 355 cm³/mol. The van der Waals surface area contributed by atoms with Crippen LogP contribution in [0.5, 0.6) is 0 Å². The molecule has 8 nitrogen and oxygen atoms in total. The number of carbonyl (C=O) groups excluding carboxylic acids is 1. The number of allylic oxidation sites excluding steroid dienone is 4. The second kappa shape index (κ2) is 63.5. The Kier molecular flexibility index (Phi) is 62.7. The second-order valence-electron chi connectivity index (χ2n) is 26.3. The average Bonchev–Trinajstić information content (AvgIpc) is 3.43. The van der Waals surface area contributed by atoms with Crippen LogP contribution in [0.1, 0.15) is 380 Å². The maximum Gasteiger partial charge on any atom is 0.472 e. The van der Waals surface area contributed by atoms with Crippen LogP contribution in [0, 0.1) is 0 Å². The zero-order valence-electron chi connectivity index (χ0n) is 55.3. The van der Waals surface area contributed by atoms with Crippen molar-refractivity contribution >= 4 is 13.7 Å². The molecule has 0 saturated carbocycles. The number of phosphoric acid groups is 1. The third kappa shape index (κ3) is 66.4. The molecular formula is C72H144N2O6P+. The van der Waals surface area contributed by atoms with Gasteiger partial charge in [0.1, 0.15) is 13.2 Å². The third-order valence-electron chi connectivity index (χ3n) is 17.0. The van der Waals surface area contributed by atoms with Gasteiger partial charge in [-0.05, 0) is 44.9 Å². The van der Waals surface area contributed by atoms with Gasteiger partial charge in [-0.3, -0.25) is 13.8 Å². The van der Waals surface area contributed by atoms with Crippen molar-refractivity contribution in [2.75, 3.05) is 40.9 Å². The van der Waals surface area contributed by atoms with Crippen LogP contribution < -0.4 is 5.32 Å². The molecule has 0 spiro atoms. The Hall–Kier alpha value is -1.02. The molecule has 0 saturated heterocycles. The molecule has 0 bridgehead atoms. The minimum atomic E-state index is -4.33. The molecule has 0 radical (unpaired) electrons. The number of carbonyl (C=O) groups is 1.